The van der Waals surface area contributed by atoms with Crippen molar-refractivity contribution in [2.45, 2.75) is 44.7 Å². The molecule has 1 amide bonds. The highest BCUT2D eigenvalue weighted by Crippen LogP contribution is 2.50. The predicted octanol–water partition coefficient (Wildman–Crippen LogP) is 5.69. The number of carbonyl (C=O) groups excluding carboxylic acids is 1. The predicted molar refractivity (Wildman–Crippen MR) is 111 cm³/mol. The topological polar surface area (TPSA) is 41.1 Å². The van der Waals surface area contributed by atoms with Crippen LogP contribution in [0.3, 0.4) is 0 Å². The Labute approximate surface area is 165 Å². The van der Waals surface area contributed by atoms with Crippen LogP contribution in [0.1, 0.15) is 60.1 Å². The molecule has 0 spiro atoms. The van der Waals surface area contributed by atoms with Gasteiger partial charge >= 0.3 is 0 Å². The van der Waals surface area contributed by atoms with Gasteiger partial charge in [-0.05, 0) is 67.1 Å². The van der Waals surface area contributed by atoms with E-state index < -0.39 is 0 Å². The molecule has 2 aromatic carbocycles. The average molecular weight is 381 g/mol. The molecule has 2 aromatic rings. The summed E-state index contributed by atoms with van der Waals surface area (Å²) in [6, 6.07) is 14.6. The fourth-order valence-corrected chi connectivity index (χ4v) is 4.27. The van der Waals surface area contributed by atoms with Gasteiger partial charge in [0, 0.05) is 28.2 Å². The van der Waals surface area contributed by atoms with Crippen molar-refractivity contribution in [3.05, 3.63) is 76.3 Å². The van der Waals surface area contributed by atoms with Crippen LogP contribution in [-0.2, 0) is 0 Å². The third-order valence-electron chi connectivity index (χ3n) is 5.84. The van der Waals surface area contributed by atoms with Crippen molar-refractivity contribution in [1.29, 1.82) is 0 Å². The Morgan fingerprint density at radius 3 is 2.78 bits per heavy atom. The van der Waals surface area contributed by atoms with Crippen molar-refractivity contribution in [3.8, 4) is 0 Å². The normalized spacial score (nSPS) is 23.9. The number of rotatable bonds is 4. The first kappa shape index (κ1) is 18.1. The van der Waals surface area contributed by atoms with Crippen molar-refractivity contribution >= 4 is 23.2 Å². The number of anilines is 1. The van der Waals surface area contributed by atoms with Crippen molar-refractivity contribution in [2.75, 3.05) is 5.32 Å². The van der Waals surface area contributed by atoms with Crippen molar-refractivity contribution in [3.63, 3.8) is 0 Å². The van der Waals surface area contributed by atoms with E-state index in [-0.39, 0.29) is 18.0 Å². The first-order chi connectivity index (χ1) is 13.1. The van der Waals surface area contributed by atoms with Gasteiger partial charge < -0.3 is 10.6 Å². The number of carbonyl (C=O) groups is 1. The molecule has 3 nitrogen and oxygen atoms in total. The van der Waals surface area contributed by atoms with Gasteiger partial charge in [-0.25, -0.2) is 0 Å². The molecule has 2 N–H and O–H groups in total. The van der Waals surface area contributed by atoms with Gasteiger partial charge in [0.15, 0.2) is 0 Å². The number of allylic oxidation sites excluding steroid dienone is 2. The number of halogens is 1. The molecule has 140 valence electrons. The van der Waals surface area contributed by atoms with Gasteiger partial charge in [-0.1, -0.05) is 42.8 Å². The fraction of sp³-hybridized carbons (Fsp3) is 0.348. The minimum Gasteiger partial charge on any atom is -0.378 e. The summed E-state index contributed by atoms with van der Waals surface area (Å²) in [5.41, 5.74) is 4.32. The molecule has 0 fully saturated rings. The molecule has 0 radical (unpaired) electrons. The van der Waals surface area contributed by atoms with Crippen LogP contribution in [-0.4, -0.2) is 11.9 Å². The molecule has 4 atom stereocenters. The van der Waals surface area contributed by atoms with E-state index in [1.807, 2.05) is 31.2 Å². The number of benzene rings is 2. The molecule has 0 saturated carbocycles. The highest BCUT2D eigenvalue weighted by molar-refractivity contribution is 6.30. The molecule has 4 unspecified atom stereocenters. The van der Waals surface area contributed by atoms with Crippen LogP contribution in [0.25, 0.3) is 0 Å². The summed E-state index contributed by atoms with van der Waals surface area (Å²) >= 11 is 6.07. The van der Waals surface area contributed by atoms with Crippen molar-refractivity contribution < 1.29 is 4.79 Å². The zero-order chi connectivity index (χ0) is 19.0. The summed E-state index contributed by atoms with van der Waals surface area (Å²) in [5.74, 6) is 0.787. The van der Waals surface area contributed by atoms with E-state index in [1.165, 1.54) is 11.1 Å². The van der Waals surface area contributed by atoms with E-state index in [2.05, 4.69) is 47.9 Å². The first-order valence-corrected chi connectivity index (χ1v) is 10.1. The quantitative estimate of drug-likeness (QED) is 0.668. The Kier molecular flexibility index (Phi) is 4.96. The summed E-state index contributed by atoms with van der Waals surface area (Å²) in [5, 5.41) is 7.53. The summed E-state index contributed by atoms with van der Waals surface area (Å²) in [6.07, 6.45) is 6.52. The third-order valence-corrected chi connectivity index (χ3v) is 6.10. The molecule has 0 saturated heterocycles. The van der Waals surface area contributed by atoms with Crippen LogP contribution in [0, 0.1) is 5.92 Å². The minimum atomic E-state index is 0.00509. The van der Waals surface area contributed by atoms with Crippen LogP contribution < -0.4 is 10.6 Å². The highest BCUT2D eigenvalue weighted by Gasteiger charge is 2.38. The molecule has 4 rings (SSSR count). The molecule has 0 aromatic heterocycles. The van der Waals surface area contributed by atoms with Crippen LogP contribution in [0.5, 0.6) is 0 Å². The lowest BCUT2D eigenvalue weighted by molar-refractivity contribution is 0.0939. The van der Waals surface area contributed by atoms with Crippen LogP contribution in [0.15, 0.2) is 54.6 Å². The van der Waals surface area contributed by atoms with Gasteiger partial charge in [0.25, 0.3) is 5.91 Å². The first-order valence-electron chi connectivity index (χ1n) is 9.70. The second-order valence-electron chi connectivity index (χ2n) is 7.61. The van der Waals surface area contributed by atoms with Gasteiger partial charge in [0.05, 0.1) is 6.04 Å². The maximum Gasteiger partial charge on any atom is 0.251 e. The van der Waals surface area contributed by atoms with Crippen molar-refractivity contribution in [2.24, 2.45) is 5.92 Å². The molecule has 0 bridgehead atoms. The molecular weight excluding hydrogens is 356 g/mol. The number of nitrogens with one attached hydrogen (secondary N) is 2. The van der Waals surface area contributed by atoms with Crippen LogP contribution in [0.2, 0.25) is 5.02 Å². The number of hydrogen-bond donors (Lipinski definition) is 2. The largest absolute Gasteiger partial charge is 0.378 e. The van der Waals surface area contributed by atoms with Crippen molar-refractivity contribution in [1.82, 2.24) is 5.32 Å². The Morgan fingerprint density at radius 1 is 1.26 bits per heavy atom. The molecular formula is C23H25ClN2O. The van der Waals surface area contributed by atoms with Gasteiger partial charge in [-0.3, -0.25) is 4.79 Å². The number of amides is 1. The molecule has 1 aliphatic carbocycles. The third kappa shape index (κ3) is 3.49. The second-order valence-corrected chi connectivity index (χ2v) is 8.05. The SMILES string of the molecule is CCC(C)NC(=O)c1ccc2c(c1)C1C=CCC1C(c1ccc(Cl)cc1)N2. The molecule has 1 aliphatic heterocycles. The Morgan fingerprint density at radius 2 is 2.04 bits per heavy atom. The standard InChI is InChI=1S/C23H25ClN2O/c1-3-14(2)25-23(27)16-9-12-21-20(13-16)18-5-4-6-19(18)22(26-21)15-7-10-17(24)11-8-15/h4-5,7-14,18-19,22,26H,3,6H2,1-2H3,(H,25,27). The van der Waals surface area contributed by atoms with E-state index in [1.54, 1.807) is 0 Å². The maximum absolute atomic E-state index is 12.5. The summed E-state index contributed by atoms with van der Waals surface area (Å²) < 4.78 is 0. The molecule has 1 heterocycles. The zero-order valence-electron chi connectivity index (χ0n) is 15.7. The lowest BCUT2D eigenvalue weighted by Crippen LogP contribution is -2.33. The van der Waals surface area contributed by atoms with Crippen LogP contribution in [0.4, 0.5) is 5.69 Å². The fourth-order valence-electron chi connectivity index (χ4n) is 4.14. The molecule has 2 aliphatic rings. The lowest BCUT2D eigenvalue weighted by atomic mass is 9.76. The smallest absolute Gasteiger partial charge is 0.251 e. The minimum absolute atomic E-state index is 0.00509. The lowest BCUT2D eigenvalue weighted by Gasteiger charge is -2.37. The van der Waals surface area contributed by atoms with E-state index >= 15 is 0 Å². The van der Waals surface area contributed by atoms with E-state index in [0.29, 0.717) is 11.8 Å². The van der Waals surface area contributed by atoms with E-state index in [9.17, 15) is 4.79 Å². The average Bonchev–Trinajstić information content (AvgIpc) is 3.17. The summed E-state index contributed by atoms with van der Waals surface area (Å²) in [4.78, 5) is 12.5. The number of fused-ring (bicyclic) bond motifs is 3. The zero-order valence-corrected chi connectivity index (χ0v) is 16.5. The summed E-state index contributed by atoms with van der Waals surface area (Å²) in [7, 11) is 0. The van der Waals surface area contributed by atoms with Gasteiger partial charge in [-0.2, -0.15) is 0 Å². The maximum atomic E-state index is 12.5. The monoisotopic (exact) mass is 380 g/mol. The Bertz CT molecular complexity index is 874. The van der Waals surface area contributed by atoms with Crippen LogP contribution >= 0.6 is 11.6 Å². The Balaban J connectivity index is 1.65. The number of hydrogen-bond acceptors (Lipinski definition) is 2. The molecule has 4 heteroatoms. The van der Waals surface area contributed by atoms with E-state index in [0.717, 1.165) is 29.1 Å². The summed E-state index contributed by atoms with van der Waals surface area (Å²) in [6.45, 7) is 4.11. The van der Waals surface area contributed by atoms with Gasteiger partial charge in [0.2, 0.25) is 0 Å². The highest BCUT2D eigenvalue weighted by atomic mass is 35.5. The Hall–Kier alpha value is -2.26. The van der Waals surface area contributed by atoms with E-state index in [4.69, 9.17) is 11.6 Å². The van der Waals surface area contributed by atoms with Gasteiger partial charge in [0.1, 0.15) is 0 Å². The second kappa shape index (κ2) is 7.40. The van der Waals surface area contributed by atoms with Gasteiger partial charge in [-0.15, -0.1) is 0 Å². The molecule has 27 heavy (non-hydrogen) atoms.